The summed E-state index contributed by atoms with van der Waals surface area (Å²) in [5, 5.41) is 9.06. The standard InChI is InChI=1S/C38H38FNO/c1-7-9-10-11-14-31-15-12-13-27(3)34(21-18-31)35-25-36(30(6)24-29(35)5)37(41)28(4)22-23-38(39,8-2)33-19-16-32(26-40)17-20-33/h7,12,16-21,24-25H,1,4,8,11,13-14,22-23H2,2-3,5-6H3/b21-18+,34-27+. The van der Waals surface area contributed by atoms with Gasteiger partial charge < -0.3 is 0 Å². The first-order valence-corrected chi connectivity index (χ1v) is 14.1. The number of rotatable bonds is 10. The van der Waals surface area contributed by atoms with Gasteiger partial charge in [-0.05, 0) is 122 Å². The normalized spacial score (nSPS) is 16.6. The lowest BCUT2D eigenvalue weighted by Crippen LogP contribution is -2.20. The zero-order valence-electron chi connectivity index (χ0n) is 24.7. The SMILES string of the molecule is C=CC#CCCC1=C=CC/C(C)=C(c2cc(C(=O)C(=C)CCC(F)(CC)c3ccc(C#N)cc3)c(C)cc2C)\C=C\1. The van der Waals surface area contributed by atoms with E-state index < -0.39 is 5.67 Å². The Kier molecular flexibility index (Phi) is 10.8. The molecule has 208 valence electrons. The van der Waals surface area contributed by atoms with Crippen LogP contribution in [0.3, 0.4) is 0 Å². The predicted octanol–water partition coefficient (Wildman–Crippen LogP) is 9.75. The topological polar surface area (TPSA) is 40.9 Å². The van der Waals surface area contributed by atoms with E-state index in [0.717, 1.165) is 47.1 Å². The van der Waals surface area contributed by atoms with Crippen molar-refractivity contribution in [1.29, 1.82) is 5.26 Å². The van der Waals surface area contributed by atoms with E-state index in [1.165, 1.54) is 5.57 Å². The molecule has 1 aliphatic carbocycles. The number of carbonyl (C=O) groups excluding carboxylic acids is 1. The smallest absolute Gasteiger partial charge is 0.188 e. The third-order valence-electron chi connectivity index (χ3n) is 7.67. The van der Waals surface area contributed by atoms with Gasteiger partial charge in [0.15, 0.2) is 5.78 Å². The second-order valence-electron chi connectivity index (χ2n) is 10.6. The lowest BCUT2D eigenvalue weighted by Gasteiger charge is -2.25. The summed E-state index contributed by atoms with van der Waals surface area (Å²) in [6.07, 6.45) is 10.8. The molecule has 0 heterocycles. The largest absolute Gasteiger partial charge is 0.289 e. The van der Waals surface area contributed by atoms with Crippen LogP contribution in [-0.2, 0) is 5.67 Å². The Labute approximate surface area is 245 Å². The van der Waals surface area contributed by atoms with Gasteiger partial charge in [-0.2, -0.15) is 5.26 Å². The van der Waals surface area contributed by atoms with Crippen molar-refractivity contribution in [2.75, 3.05) is 0 Å². The molecule has 0 aliphatic heterocycles. The van der Waals surface area contributed by atoms with E-state index in [-0.39, 0.29) is 25.0 Å². The number of carbonyl (C=O) groups is 1. The van der Waals surface area contributed by atoms with Gasteiger partial charge in [0.2, 0.25) is 0 Å². The van der Waals surface area contributed by atoms with Crippen molar-refractivity contribution in [3.05, 3.63) is 130 Å². The molecule has 0 saturated heterocycles. The summed E-state index contributed by atoms with van der Waals surface area (Å²) in [6, 6.07) is 12.6. The van der Waals surface area contributed by atoms with Crippen LogP contribution in [-0.4, -0.2) is 5.78 Å². The summed E-state index contributed by atoms with van der Waals surface area (Å²) in [6.45, 7) is 15.6. The highest BCUT2D eigenvalue weighted by molar-refractivity contribution is 6.09. The highest BCUT2D eigenvalue weighted by atomic mass is 19.1. The Morgan fingerprint density at radius 1 is 1.15 bits per heavy atom. The Morgan fingerprint density at radius 3 is 2.54 bits per heavy atom. The fourth-order valence-corrected chi connectivity index (χ4v) is 5.04. The molecule has 1 atom stereocenters. The molecule has 0 fully saturated rings. The number of ketones is 1. The van der Waals surface area contributed by atoms with Gasteiger partial charge in [-0.25, -0.2) is 4.39 Å². The first-order valence-electron chi connectivity index (χ1n) is 14.1. The van der Waals surface area contributed by atoms with E-state index in [9.17, 15) is 4.79 Å². The zero-order chi connectivity index (χ0) is 30.0. The number of allylic oxidation sites excluding steroid dienone is 7. The number of hydrogen-bond donors (Lipinski definition) is 0. The van der Waals surface area contributed by atoms with Crippen LogP contribution in [0.2, 0.25) is 0 Å². The van der Waals surface area contributed by atoms with Crippen molar-refractivity contribution < 1.29 is 9.18 Å². The van der Waals surface area contributed by atoms with E-state index >= 15 is 4.39 Å². The van der Waals surface area contributed by atoms with Gasteiger partial charge in [0, 0.05) is 12.0 Å². The van der Waals surface area contributed by atoms with Crippen LogP contribution in [0.25, 0.3) is 5.57 Å². The summed E-state index contributed by atoms with van der Waals surface area (Å²) >= 11 is 0. The minimum absolute atomic E-state index is 0.142. The van der Waals surface area contributed by atoms with Crippen LogP contribution in [0.5, 0.6) is 0 Å². The molecule has 2 nitrogen and oxygen atoms in total. The van der Waals surface area contributed by atoms with E-state index in [0.29, 0.717) is 22.3 Å². The van der Waals surface area contributed by atoms with E-state index in [4.69, 9.17) is 5.26 Å². The van der Waals surface area contributed by atoms with Crippen molar-refractivity contribution in [3.8, 4) is 17.9 Å². The molecule has 3 heteroatoms. The molecule has 1 unspecified atom stereocenters. The van der Waals surface area contributed by atoms with Crippen LogP contribution in [0.4, 0.5) is 4.39 Å². The van der Waals surface area contributed by atoms with Crippen LogP contribution in [0, 0.1) is 37.0 Å². The molecule has 41 heavy (non-hydrogen) atoms. The lowest BCUT2D eigenvalue weighted by molar-refractivity contribution is 0.102. The van der Waals surface area contributed by atoms with Crippen molar-refractivity contribution in [2.45, 2.75) is 71.9 Å². The van der Waals surface area contributed by atoms with Crippen LogP contribution < -0.4 is 0 Å². The number of alkyl halides is 1. The zero-order valence-corrected chi connectivity index (χ0v) is 24.7. The fourth-order valence-electron chi connectivity index (χ4n) is 5.04. The Bertz CT molecular complexity index is 1570. The molecule has 0 N–H and O–H groups in total. The Hall–Kier alpha value is -4.43. The van der Waals surface area contributed by atoms with Gasteiger partial charge in [-0.1, -0.05) is 67.8 Å². The predicted molar refractivity (Wildman–Crippen MR) is 168 cm³/mol. The van der Waals surface area contributed by atoms with Crippen molar-refractivity contribution in [1.82, 2.24) is 0 Å². The number of Topliss-reactive ketones (excluding diaryl/α,β-unsaturated/α-hetero) is 1. The molecular weight excluding hydrogens is 505 g/mol. The first-order chi connectivity index (χ1) is 19.6. The molecule has 0 amide bonds. The number of hydrogen-bond acceptors (Lipinski definition) is 2. The number of aryl methyl sites for hydroxylation is 2. The third kappa shape index (κ3) is 7.83. The molecule has 1 aliphatic rings. The summed E-state index contributed by atoms with van der Waals surface area (Å²) in [4.78, 5) is 13.6. The monoisotopic (exact) mass is 543 g/mol. The van der Waals surface area contributed by atoms with Gasteiger partial charge in [0.25, 0.3) is 0 Å². The maximum Gasteiger partial charge on any atom is 0.188 e. The van der Waals surface area contributed by atoms with Gasteiger partial charge in [-0.15, -0.1) is 5.73 Å². The van der Waals surface area contributed by atoms with Crippen LogP contribution >= 0.6 is 0 Å². The summed E-state index contributed by atoms with van der Waals surface area (Å²) in [5.74, 6) is 5.81. The number of halogens is 1. The van der Waals surface area contributed by atoms with Crippen molar-refractivity contribution in [2.24, 2.45) is 0 Å². The average molecular weight is 544 g/mol. The number of nitriles is 1. The van der Waals surface area contributed by atoms with E-state index in [1.807, 2.05) is 19.1 Å². The molecule has 2 aromatic rings. The van der Waals surface area contributed by atoms with E-state index in [2.05, 4.69) is 68.9 Å². The molecule has 2 aromatic carbocycles. The van der Waals surface area contributed by atoms with Crippen LogP contribution in [0.1, 0.15) is 90.5 Å². The highest BCUT2D eigenvalue weighted by Gasteiger charge is 2.30. The second-order valence-corrected chi connectivity index (χ2v) is 10.6. The summed E-state index contributed by atoms with van der Waals surface area (Å²) < 4.78 is 15.9. The van der Waals surface area contributed by atoms with Crippen molar-refractivity contribution >= 4 is 11.4 Å². The number of nitrogens with zero attached hydrogens (tertiary/aromatic N) is 1. The van der Waals surface area contributed by atoms with Gasteiger partial charge in [0.1, 0.15) is 5.67 Å². The molecule has 0 bridgehead atoms. The lowest BCUT2D eigenvalue weighted by atomic mass is 9.84. The van der Waals surface area contributed by atoms with Crippen LogP contribution in [0.15, 0.2) is 96.3 Å². The molecule has 0 spiro atoms. The summed E-state index contributed by atoms with van der Waals surface area (Å²) in [5.41, 5.74) is 10.1. The molecular formula is C38H38FNO. The Balaban J connectivity index is 1.84. The Morgan fingerprint density at radius 2 is 1.88 bits per heavy atom. The molecule has 3 rings (SSSR count). The highest BCUT2D eigenvalue weighted by Crippen LogP contribution is 2.37. The fraction of sp³-hybridized carbons (Fsp3) is 0.289. The molecule has 0 aromatic heterocycles. The maximum absolute atomic E-state index is 15.9. The van der Waals surface area contributed by atoms with Crippen molar-refractivity contribution in [3.63, 3.8) is 0 Å². The van der Waals surface area contributed by atoms with E-state index in [1.54, 1.807) is 37.3 Å². The minimum Gasteiger partial charge on any atom is -0.289 e. The van der Waals surface area contributed by atoms with Gasteiger partial charge in [0.05, 0.1) is 11.6 Å². The second kappa shape index (κ2) is 14.3. The quantitative estimate of drug-likeness (QED) is 0.129. The third-order valence-corrected chi connectivity index (χ3v) is 7.67. The van der Waals surface area contributed by atoms with Gasteiger partial charge >= 0.3 is 0 Å². The molecule has 0 saturated carbocycles. The molecule has 0 radical (unpaired) electrons. The number of benzene rings is 2. The summed E-state index contributed by atoms with van der Waals surface area (Å²) in [7, 11) is 0. The first kappa shape index (κ1) is 31.1. The minimum atomic E-state index is -1.60. The van der Waals surface area contributed by atoms with Gasteiger partial charge in [-0.3, -0.25) is 4.79 Å². The maximum atomic E-state index is 15.9. The average Bonchev–Trinajstić information content (AvgIpc) is 2.97.